The molecular formula is C24H23F3N4O3S2. The van der Waals surface area contributed by atoms with Crippen molar-refractivity contribution in [2.24, 2.45) is 5.92 Å². The number of rotatable bonds is 7. The molecule has 2 aromatic heterocycles. The molecule has 3 heterocycles. The summed E-state index contributed by atoms with van der Waals surface area (Å²) >= 11 is 2.63. The largest absolute Gasteiger partial charge is 0.435 e. The number of aromatic nitrogens is 3. The highest BCUT2D eigenvalue weighted by atomic mass is 32.2. The number of hydrogen-bond acceptors (Lipinski definition) is 7. The van der Waals surface area contributed by atoms with Gasteiger partial charge in [0.15, 0.2) is 5.72 Å². The van der Waals surface area contributed by atoms with Crippen molar-refractivity contribution in [1.29, 1.82) is 0 Å². The van der Waals surface area contributed by atoms with Crippen molar-refractivity contribution in [3.05, 3.63) is 63.3 Å². The maximum absolute atomic E-state index is 14.9. The van der Waals surface area contributed by atoms with Gasteiger partial charge in [0, 0.05) is 52.8 Å². The molecule has 0 fully saturated rings. The van der Waals surface area contributed by atoms with Gasteiger partial charge in [0.1, 0.15) is 22.6 Å². The summed E-state index contributed by atoms with van der Waals surface area (Å²) in [5.74, 6) is -1.24. The number of fused-ring (bicyclic) bond motifs is 1. The molecule has 190 valence electrons. The van der Waals surface area contributed by atoms with Gasteiger partial charge in [0.25, 0.3) is 0 Å². The Morgan fingerprint density at radius 3 is 2.92 bits per heavy atom. The van der Waals surface area contributed by atoms with Crippen molar-refractivity contribution in [3.63, 3.8) is 0 Å². The van der Waals surface area contributed by atoms with Crippen molar-refractivity contribution >= 4 is 29.3 Å². The van der Waals surface area contributed by atoms with Crippen LogP contribution in [0.2, 0.25) is 0 Å². The van der Waals surface area contributed by atoms with E-state index in [1.807, 2.05) is 12.3 Å². The van der Waals surface area contributed by atoms with Gasteiger partial charge in [-0.3, -0.25) is 13.7 Å². The summed E-state index contributed by atoms with van der Waals surface area (Å²) in [6, 6.07) is 3.22. The van der Waals surface area contributed by atoms with E-state index in [-0.39, 0.29) is 29.2 Å². The SMILES string of the molecule is CC(c1nccs1)n1nc(-c2cc(OC(F)F)ccc2F)c2c1C[C@H](C(=O)NC1(C)C=CSO1)CC2. The maximum Gasteiger partial charge on any atom is 0.387 e. The topological polar surface area (TPSA) is 78.3 Å². The van der Waals surface area contributed by atoms with Gasteiger partial charge in [-0.1, -0.05) is 0 Å². The van der Waals surface area contributed by atoms with Gasteiger partial charge in [-0.2, -0.15) is 13.9 Å². The second-order valence-electron chi connectivity index (χ2n) is 8.80. The van der Waals surface area contributed by atoms with Crippen LogP contribution in [0.3, 0.4) is 0 Å². The van der Waals surface area contributed by atoms with E-state index in [1.165, 1.54) is 17.4 Å². The average molecular weight is 537 g/mol. The van der Waals surface area contributed by atoms with E-state index in [0.29, 0.717) is 25.0 Å². The predicted molar refractivity (Wildman–Crippen MR) is 130 cm³/mol. The maximum atomic E-state index is 14.9. The van der Waals surface area contributed by atoms with Crippen LogP contribution in [0, 0.1) is 11.7 Å². The predicted octanol–water partition coefficient (Wildman–Crippen LogP) is 5.49. The first-order valence-electron chi connectivity index (χ1n) is 11.3. The molecule has 0 spiro atoms. The van der Waals surface area contributed by atoms with Crippen molar-refractivity contribution in [2.75, 3.05) is 0 Å². The zero-order valence-electron chi connectivity index (χ0n) is 19.4. The van der Waals surface area contributed by atoms with Crippen LogP contribution in [0.4, 0.5) is 13.2 Å². The number of carbonyl (C=O) groups is 1. The van der Waals surface area contributed by atoms with Crippen LogP contribution >= 0.6 is 23.4 Å². The average Bonchev–Trinajstić information content (AvgIpc) is 3.59. The van der Waals surface area contributed by atoms with Crippen LogP contribution in [0.5, 0.6) is 5.75 Å². The molecule has 1 aromatic carbocycles. The Labute approximate surface area is 213 Å². The number of carbonyl (C=O) groups excluding carboxylic acids is 1. The number of alkyl halides is 2. The lowest BCUT2D eigenvalue weighted by Crippen LogP contribution is -2.47. The zero-order valence-corrected chi connectivity index (χ0v) is 21.0. The third kappa shape index (κ3) is 4.89. The number of thiazole rings is 1. The fourth-order valence-electron chi connectivity index (χ4n) is 4.53. The fourth-order valence-corrected chi connectivity index (χ4v) is 5.87. The first-order valence-corrected chi connectivity index (χ1v) is 13.0. The molecule has 1 amide bonds. The van der Waals surface area contributed by atoms with Crippen molar-refractivity contribution in [3.8, 4) is 17.0 Å². The van der Waals surface area contributed by atoms with Crippen LogP contribution in [0.15, 0.2) is 41.3 Å². The summed E-state index contributed by atoms with van der Waals surface area (Å²) in [5, 5.41) is 12.1. The van der Waals surface area contributed by atoms with E-state index in [2.05, 4.69) is 15.0 Å². The van der Waals surface area contributed by atoms with E-state index < -0.39 is 18.2 Å². The minimum absolute atomic E-state index is 0.0754. The number of nitrogens with zero attached hydrogens (tertiary/aromatic N) is 3. The molecule has 3 aromatic rings. The van der Waals surface area contributed by atoms with Crippen LogP contribution in [-0.4, -0.2) is 33.0 Å². The van der Waals surface area contributed by atoms with Crippen molar-refractivity contribution < 1.29 is 26.9 Å². The van der Waals surface area contributed by atoms with E-state index in [1.54, 1.807) is 29.3 Å². The van der Waals surface area contributed by atoms with E-state index in [4.69, 9.17) is 9.28 Å². The zero-order chi connectivity index (χ0) is 25.4. The monoisotopic (exact) mass is 536 g/mol. The summed E-state index contributed by atoms with van der Waals surface area (Å²) in [6.45, 7) is 0.680. The van der Waals surface area contributed by atoms with Gasteiger partial charge in [-0.25, -0.2) is 9.37 Å². The van der Waals surface area contributed by atoms with Gasteiger partial charge < -0.3 is 10.1 Å². The number of hydrogen-bond donors (Lipinski definition) is 1. The third-order valence-electron chi connectivity index (χ3n) is 6.30. The summed E-state index contributed by atoms with van der Waals surface area (Å²) in [6.07, 6.45) is 4.85. The van der Waals surface area contributed by atoms with Crippen LogP contribution in [0.25, 0.3) is 11.3 Å². The molecule has 2 aliphatic rings. The molecule has 0 saturated heterocycles. The number of halogens is 3. The smallest absolute Gasteiger partial charge is 0.387 e. The molecule has 0 bridgehead atoms. The van der Waals surface area contributed by atoms with Gasteiger partial charge in [0.2, 0.25) is 5.91 Å². The second kappa shape index (κ2) is 9.91. The molecule has 0 saturated carbocycles. The number of benzene rings is 1. The number of amides is 1. The molecule has 5 rings (SSSR count). The molecule has 12 heteroatoms. The number of nitrogens with one attached hydrogen (secondary N) is 1. The standard InChI is InChI=1S/C24H23F3N4O3S2/c1-13(22-28-8-10-35-22)31-19-11-14(21(32)29-24(2)7-9-36-34-24)3-5-16(19)20(30-31)17-12-15(33-23(26)27)4-6-18(17)25/h4,6-10,12-14,23H,3,5,11H2,1-2H3,(H,29,32)/t13?,14-,24?/m1/s1. The lowest BCUT2D eigenvalue weighted by molar-refractivity contribution is -0.129. The molecular weight excluding hydrogens is 513 g/mol. The van der Waals surface area contributed by atoms with Crippen molar-refractivity contribution in [1.82, 2.24) is 20.1 Å². The summed E-state index contributed by atoms with van der Waals surface area (Å²) in [4.78, 5) is 17.5. The van der Waals surface area contributed by atoms with Crippen LogP contribution < -0.4 is 10.1 Å². The van der Waals surface area contributed by atoms with Crippen molar-refractivity contribution in [2.45, 2.75) is 51.5 Å². The molecule has 1 N–H and O–H groups in total. The Morgan fingerprint density at radius 2 is 2.22 bits per heavy atom. The normalized spacial score (nSPS) is 22.0. The minimum Gasteiger partial charge on any atom is -0.435 e. The highest BCUT2D eigenvalue weighted by Crippen LogP contribution is 2.39. The Balaban J connectivity index is 1.52. The number of ether oxygens (including phenoxy) is 1. The fraction of sp³-hybridized carbons (Fsp3) is 0.375. The van der Waals surface area contributed by atoms with E-state index >= 15 is 0 Å². The lowest BCUT2D eigenvalue weighted by atomic mass is 9.84. The second-order valence-corrected chi connectivity index (χ2v) is 10.4. The Morgan fingerprint density at radius 1 is 1.39 bits per heavy atom. The highest BCUT2D eigenvalue weighted by Gasteiger charge is 2.36. The summed E-state index contributed by atoms with van der Waals surface area (Å²) in [5.41, 5.74) is 1.13. The van der Waals surface area contributed by atoms with Gasteiger partial charge in [-0.05, 0) is 56.4 Å². The molecule has 1 aliphatic carbocycles. The van der Waals surface area contributed by atoms with Gasteiger partial charge in [0.05, 0.1) is 5.69 Å². The molecule has 3 atom stereocenters. The third-order valence-corrected chi connectivity index (χ3v) is 7.94. The Kier molecular flexibility index (Phi) is 6.84. The van der Waals surface area contributed by atoms with Gasteiger partial charge >= 0.3 is 6.61 Å². The molecule has 2 unspecified atom stereocenters. The van der Waals surface area contributed by atoms with Crippen LogP contribution in [-0.2, 0) is 21.8 Å². The molecule has 7 nitrogen and oxygen atoms in total. The minimum atomic E-state index is -3.03. The lowest BCUT2D eigenvalue weighted by Gasteiger charge is -2.28. The first-order chi connectivity index (χ1) is 17.2. The molecule has 0 radical (unpaired) electrons. The first kappa shape index (κ1) is 24.8. The summed E-state index contributed by atoms with van der Waals surface area (Å²) < 4.78 is 52.3. The quantitative estimate of drug-likeness (QED) is 0.403. The van der Waals surface area contributed by atoms with E-state index in [9.17, 15) is 18.0 Å². The van der Waals surface area contributed by atoms with Crippen LogP contribution in [0.1, 0.15) is 42.6 Å². The molecule has 1 aliphatic heterocycles. The Hall–Kier alpha value is -2.83. The summed E-state index contributed by atoms with van der Waals surface area (Å²) in [7, 11) is 0. The Bertz CT molecular complexity index is 1300. The molecule has 36 heavy (non-hydrogen) atoms. The van der Waals surface area contributed by atoms with Gasteiger partial charge in [-0.15, -0.1) is 11.3 Å². The van der Waals surface area contributed by atoms with E-state index in [0.717, 1.165) is 40.4 Å². The highest BCUT2D eigenvalue weighted by molar-refractivity contribution is 7.97.